The maximum Gasteiger partial charge on any atom is 0.266 e. The summed E-state index contributed by atoms with van der Waals surface area (Å²) in [5.41, 5.74) is 3.41. The number of halogens is 1. The van der Waals surface area contributed by atoms with Crippen LogP contribution in [0.1, 0.15) is 0 Å². The summed E-state index contributed by atoms with van der Waals surface area (Å²) in [7, 11) is 0. The molecule has 4 heteroatoms. The van der Waals surface area contributed by atoms with Crippen LogP contribution >= 0.6 is 34.8 Å². The van der Waals surface area contributed by atoms with Gasteiger partial charge in [0.15, 0.2) is 5.76 Å². The fourth-order valence-corrected chi connectivity index (χ4v) is 2.40. The third kappa shape index (κ3) is 2.79. The molecule has 0 aliphatic rings. The maximum absolute atomic E-state index is 5.39. The summed E-state index contributed by atoms with van der Waals surface area (Å²) >= 11 is 7.23. The van der Waals surface area contributed by atoms with E-state index in [0.717, 1.165) is 11.3 Å². The zero-order chi connectivity index (χ0) is 13.2. The molecule has 0 spiro atoms. The van der Waals surface area contributed by atoms with Gasteiger partial charge in [0.05, 0.1) is 0 Å². The summed E-state index contributed by atoms with van der Waals surface area (Å²) in [5.74, 6) is 0.763. The first-order valence-corrected chi connectivity index (χ1v) is 7.26. The van der Waals surface area contributed by atoms with E-state index in [0.29, 0.717) is 4.84 Å². The molecule has 0 radical (unpaired) electrons. The predicted molar refractivity (Wildman–Crippen MR) is 87.5 cm³/mol. The molecule has 1 aromatic heterocycles. The lowest BCUT2D eigenvalue weighted by atomic mass is 10.0. The SMILES string of the molecule is S=c1[nH]cc(-c2ccc(-c3ccc(I)cc3)cc2)o1. The first-order chi connectivity index (χ1) is 9.22. The van der Waals surface area contributed by atoms with Crippen LogP contribution < -0.4 is 0 Å². The molecule has 0 atom stereocenters. The van der Waals surface area contributed by atoms with Crippen LogP contribution in [-0.2, 0) is 0 Å². The van der Waals surface area contributed by atoms with Crippen LogP contribution in [0.5, 0.6) is 0 Å². The molecule has 0 saturated heterocycles. The fourth-order valence-electron chi connectivity index (χ4n) is 1.89. The van der Waals surface area contributed by atoms with Crippen molar-refractivity contribution < 1.29 is 4.42 Å². The zero-order valence-electron chi connectivity index (χ0n) is 9.89. The highest BCUT2D eigenvalue weighted by Crippen LogP contribution is 2.25. The molecule has 19 heavy (non-hydrogen) atoms. The number of aromatic nitrogens is 1. The van der Waals surface area contributed by atoms with Gasteiger partial charge in [-0.1, -0.05) is 36.4 Å². The van der Waals surface area contributed by atoms with Crippen molar-refractivity contribution >= 4 is 34.8 Å². The van der Waals surface area contributed by atoms with Crippen LogP contribution in [0, 0.1) is 8.41 Å². The van der Waals surface area contributed by atoms with Gasteiger partial charge in [0, 0.05) is 15.3 Å². The van der Waals surface area contributed by atoms with Crippen molar-refractivity contribution in [2.45, 2.75) is 0 Å². The summed E-state index contributed by atoms with van der Waals surface area (Å²) in [6, 6.07) is 16.7. The van der Waals surface area contributed by atoms with E-state index in [2.05, 4.69) is 64.0 Å². The van der Waals surface area contributed by atoms with Crippen LogP contribution in [0.15, 0.2) is 59.1 Å². The molecule has 0 aliphatic heterocycles. The second-order valence-electron chi connectivity index (χ2n) is 4.13. The van der Waals surface area contributed by atoms with Crippen LogP contribution in [-0.4, -0.2) is 4.98 Å². The lowest BCUT2D eigenvalue weighted by Gasteiger charge is -2.03. The highest BCUT2D eigenvalue weighted by atomic mass is 127. The maximum atomic E-state index is 5.39. The second kappa shape index (κ2) is 5.30. The number of hydrogen-bond donors (Lipinski definition) is 1. The van der Waals surface area contributed by atoms with Crippen molar-refractivity contribution in [3.63, 3.8) is 0 Å². The van der Waals surface area contributed by atoms with Gasteiger partial charge in [-0.3, -0.25) is 0 Å². The van der Waals surface area contributed by atoms with Crippen LogP contribution in [0.4, 0.5) is 0 Å². The first-order valence-electron chi connectivity index (χ1n) is 5.77. The third-order valence-corrected chi connectivity index (χ3v) is 3.79. The molecule has 1 heterocycles. The molecule has 94 valence electrons. The fraction of sp³-hybridized carbons (Fsp3) is 0. The molecule has 2 aromatic carbocycles. The van der Waals surface area contributed by atoms with Gasteiger partial charge in [0.25, 0.3) is 4.84 Å². The van der Waals surface area contributed by atoms with Gasteiger partial charge in [-0.15, -0.1) is 0 Å². The highest BCUT2D eigenvalue weighted by molar-refractivity contribution is 14.1. The van der Waals surface area contributed by atoms with Gasteiger partial charge in [-0.05, 0) is 58.1 Å². The van der Waals surface area contributed by atoms with Crippen molar-refractivity contribution in [1.82, 2.24) is 4.98 Å². The van der Waals surface area contributed by atoms with E-state index in [1.165, 1.54) is 14.7 Å². The van der Waals surface area contributed by atoms with Gasteiger partial charge in [-0.25, -0.2) is 0 Å². The third-order valence-electron chi connectivity index (χ3n) is 2.87. The number of H-pyrrole nitrogens is 1. The molecule has 2 nitrogen and oxygen atoms in total. The van der Waals surface area contributed by atoms with Gasteiger partial charge in [0.2, 0.25) is 0 Å². The molecule has 0 saturated carbocycles. The van der Waals surface area contributed by atoms with E-state index < -0.39 is 0 Å². The van der Waals surface area contributed by atoms with Crippen molar-refractivity contribution in [3.05, 3.63) is 63.1 Å². The quantitative estimate of drug-likeness (QED) is 0.485. The second-order valence-corrected chi connectivity index (χ2v) is 5.74. The number of aromatic amines is 1. The normalized spacial score (nSPS) is 10.6. The minimum absolute atomic E-state index is 0.400. The zero-order valence-corrected chi connectivity index (χ0v) is 12.9. The number of nitrogens with one attached hydrogen (secondary N) is 1. The van der Waals surface area contributed by atoms with E-state index in [1.807, 2.05) is 12.1 Å². The topological polar surface area (TPSA) is 28.9 Å². The molecular formula is C15H10INOS. The molecule has 0 bridgehead atoms. The van der Waals surface area contributed by atoms with Gasteiger partial charge >= 0.3 is 0 Å². The summed E-state index contributed by atoms with van der Waals surface area (Å²) < 4.78 is 6.63. The molecule has 0 fully saturated rings. The number of rotatable bonds is 2. The Labute approximate surface area is 129 Å². The van der Waals surface area contributed by atoms with Crippen LogP contribution in [0.2, 0.25) is 0 Å². The Morgan fingerprint density at radius 2 is 1.37 bits per heavy atom. The Morgan fingerprint density at radius 1 is 0.842 bits per heavy atom. The Balaban J connectivity index is 1.94. The largest absolute Gasteiger partial charge is 0.429 e. The van der Waals surface area contributed by atoms with Crippen LogP contribution in [0.3, 0.4) is 0 Å². The van der Waals surface area contributed by atoms with Gasteiger partial charge < -0.3 is 9.40 Å². The molecule has 0 amide bonds. The number of hydrogen-bond acceptors (Lipinski definition) is 2. The van der Waals surface area contributed by atoms with Crippen molar-refractivity contribution in [3.8, 4) is 22.5 Å². The van der Waals surface area contributed by atoms with E-state index in [9.17, 15) is 0 Å². The van der Waals surface area contributed by atoms with E-state index in [1.54, 1.807) is 6.20 Å². The highest BCUT2D eigenvalue weighted by Gasteiger charge is 2.03. The average Bonchev–Trinajstić information content (AvgIpc) is 2.87. The average molecular weight is 379 g/mol. The number of benzene rings is 2. The lowest BCUT2D eigenvalue weighted by Crippen LogP contribution is -1.79. The van der Waals surface area contributed by atoms with Crippen LogP contribution in [0.25, 0.3) is 22.5 Å². The summed E-state index contributed by atoms with van der Waals surface area (Å²) in [4.78, 5) is 3.27. The summed E-state index contributed by atoms with van der Waals surface area (Å²) in [5, 5.41) is 0. The van der Waals surface area contributed by atoms with E-state index >= 15 is 0 Å². The Morgan fingerprint density at radius 3 is 1.89 bits per heavy atom. The monoisotopic (exact) mass is 379 g/mol. The molecule has 0 unspecified atom stereocenters. The van der Waals surface area contributed by atoms with Gasteiger partial charge in [-0.2, -0.15) is 0 Å². The van der Waals surface area contributed by atoms with Crippen molar-refractivity contribution in [2.75, 3.05) is 0 Å². The van der Waals surface area contributed by atoms with Crippen molar-refractivity contribution in [1.29, 1.82) is 0 Å². The smallest absolute Gasteiger partial charge is 0.266 e. The van der Waals surface area contributed by atoms with E-state index in [4.69, 9.17) is 16.6 Å². The van der Waals surface area contributed by atoms with E-state index in [-0.39, 0.29) is 0 Å². The molecule has 1 N–H and O–H groups in total. The predicted octanol–water partition coefficient (Wildman–Crippen LogP) is 5.28. The summed E-state index contributed by atoms with van der Waals surface area (Å²) in [6.07, 6.45) is 1.78. The molecular weight excluding hydrogens is 369 g/mol. The standard InChI is InChI=1S/C15H10INOS/c16-13-7-5-11(6-8-13)10-1-3-12(4-2-10)14-9-17-15(19)18-14/h1-9H,(H,17,19). The van der Waals surface area contributed by atoms with Gasteiger partial charge in [0.1, 0.15) is 0 Å². The molecule has 0 aliphatic carbocycles. The molecule has 3 rings (SSSR count). The Hall–Kier alpha value is -1.40. The minimum atomic E-state index is 0.400. The first kappa shape index (κ1) is 12.6. The Kier molecular flexibility index (Phi) is 3.52. The minimum Gasteiger partial charge on any atom is -0.429 e. The number of oxazole rings is 1. The van der Waals surface area contributed by atoms with Crippen molar-refractivity contribution in [2.24, 2.45) is 0 Å². The Bertz CT molecular complexity index is 741. The summed E-state index contributed by atoms with van der Waals surface area (Å²) in [6.45, 7) is 0. The molecule has 3 aromatic rings. The lowest BCUT2D eigenvalue weighted by molar-refractivity contribution is 0.554.